The number of thiocarbonyl (C=S) groups is 1. The van der Waals surface area contributed by atoms with Gasteiger partial charge in [-0.2, -0.15) is 0 Å². The fraction of sp³-hybridized carbons (Fsp3) is 0.611. The lowest BCUT2D eigenvalue weighted by atomic mass is 10.1. The van der Waals surface area contributed by atoms with E-state index in [0.717, 1.165) is 44.2 Å². The number of nitrogens with zero attached hydrogens (tertiary/aromatic N) is 1. The number of hydrogen-bond donors (Lipinski definition) is 2. The average Bonchev–Trinajstić information content (AvgIpc) is 3.13. The Hall–Kier alpha value is -1.17. The third-order valence-corrected chi connectivity index (χ3v) is 5.28. The number of piperazine rings is 1. The monoisotopic (exact) mass is 334 g/mol. The van der Waals surface area contributed by atoms with Crippen LogP contribution in [0.4, 0.5) is 0 Å². The van der Waals surface area contributed by atoms with Gasteiger partial charge in [-0.3, -0.25) is 0 Å². The van der Waals surface area contributed by atoms with Crippen molar-refractivity contribution in [1.82, 2.24) is 10.2 Å². The van der Waals surface area contributed by atoms with E-state index in [9.17, 15) is 0 Å². The van der Waals surface area contributed by atoms with Gasteiger partial charge in [0.15, 0.2) is 5.11 Å². The summed E-state index contributed by atoms with van der Waals surface area (Å²) >= 11 is 5.54. The number of hydrogen-bond acceptors (Lipinski definition) is 2. The first-order valence-electron chi connectivity index (χ1n) is 8.83. The third kappa shape index (κ3) is 5.16. The standard InChI is InChI=1S/C18H27N3OS/c23-18(19-15-17-7-4-14-22-17)21-12-10-20(11-13-21)9-8-16-5-2-1-3-6-16/h1-3,5-6,17H,4,7-15H2,(H,19,23)/p+1/t17-/m0/s1. The van der Waals surface area contributed by atoms with E-state index in [1.54, 1.807) is 4.90 Å². The summed E-state index contributed by atoms with van der Waals surface area (Å²) in [5.41, 5.74) is 1.44. The normalized spacial score (nSPS) is 22.3. The Bertz CT molecular complexity index is 482. The lowest BCUT2D eigenvalue weighted by Crippen LogP contribution is -3.15. The van der Waals surface area contributed by atoms with E-state index in [0.29, 0.717) is 6.10 Å². The number of quaternary nitrogens is 1. The zero-order valence-electron chi connectivity index (χ0n) is 13.8. The van der Waals surface area contributed by atoms with Crippen molar-refractivity contribution >= 4 is 17.3 Å². The summed E-state index contributed by atoms with van der Waals surface area (Å²) in [5, 5.41) is 4.30. The molecule has 2 fully saturated rings. The molecule has 0 bridgehead atoms. The molecule has 126 valence electrons. The van der Waals surface area contributed by atoms with Crippen LogP contribution in [0, 0.1) is 0 Å². The predicted molar refractivity (Wildman–Crippen MR) is 96.9 cm³/mol. The van der Waals surface area contributed by atoms with E-state index >= 15 is 0 Å². The van der Waals surface area contributed by atoms with Crippen molar-refractivity contribution in [3.63, 3.8) is 0 Å². The van der Waals surface area contributed by atoms with E-state index in [4.69, 9.17) is 17.0 Å². The Morgan fingerprint density at radius 3 is 2.74 bits per heavy atom. The highest BCUT2D eigenvalue weighted by Crippen LogP contribution is 2.10. The zero-order chi connectivity index (χ0) is 15.9. The van der Waals surface area contributed by atoms with Crippen LogP contribution in [-0.2, 0) is 11.2 Å². The molecule has 1 aromatic carbocycles. The number of ether oxygens (including phenoxy) is 1. The summed E-state index contributed by atoms with van der Waals surface area (Å²) in [4.78, 5) is 4.00. The van der Waals surface area contributed by atoms with Gasteiger partial charge in [0.25, 0.3) is 0 Å². The summed E-state index contributed by atoms with van der Waals surface area (Å²) in [6.45, 7) is 7.45. The molecule has 0 spiro atoms. The lowest BCUT2D eigenvalue weighted by molar-refractivity contribution is -0.903. The number of benzene rings is 1. The summed E-state index contributed by atoms with van der Waals surface area (Å²) in [6.07, 6.45) is 3.86. The van der Waals surface area contributed by atoms with Gasteiger partial charge in [-0.25, -0.2) is 0 Å². The van der Waals surface area contributed by atoms with Crippen LogP contribution in [0.15, 0.2) is 30.3 Å². The average molecular weight is 335 g/mol. The molecular weight excluding hydrogens is 306 g/mol. The van der Waals surface area contributed by atoms with E-state index < -0.39 is 0 Å². The first kappa shape index (κ1) is 16.7. The van der Waals surface area contributed by atoms with Crippen LogP contribution in [-0.4, -0.2) is 62.0 Å². The Morgan fingerprint density at radius 1 is 1.26 bits per heavy atom. The highest BCUT2D eigenvalue weighted by atomic mass is 32.1. The van der Waals surface area contributed by atoms with Gasteiger partial charge in [0.05, 0.1) is 38.8 Å². The second-order valence-electron chi connectivity index (χ2n) is 6.54. The third-order valence-electron chi connectivity index (χ3n) is 4.87. The van der Waals surface area contributed by atoms with E-state index in [1.165, 1.54) is 31.6 Å². The summed E-state index contributed by atoms with van der Waals surface area (Å²) in [7, 11) is 0. The molecule has 0 aromatic heterocycles. The molecule has 2 saturated heterocycles. The molecule has 5 heteroatoms. The van der Waals surface area contributed by atoms with Gasteiger partial charge in [0.2, 0.25) is 0 Å². The van der Waals surface area contributed by atoms with Gasteiger partial charge in [-0.05, 0) is 30.6 Å². The Balaban J connectivity index is 1.33. The molecule has 2 N–H and O–H groups in total. The SMILES string of the molecule is S=C(NC[C@@H]1CCCO1)N1CC[NH+](CCc2ccccc2)CC1. The second kappa shape index (κ2) is 8.62. The molecular formula is C18H28N3OS+. The maximum Gasteiger partial charge on any atom is 0.169 e. The van der Waals surface area contributed by atoms with Gasteiger partial charge in [-0.1, -0.05) is 30.3 Å². The van der Waals surface area contributed by atoms with Crippen molar-refractivity contribution in [3.05, 3.63) is 35.9 Å². The molecule has 0 unspecified atom stereocenters. The zero-order valence-corrected chi connectivity index (χ0v) is 14.6. The molecule has 0 saturated carbocycles. The quantitative estimate of drug-likeness (QED) is 0.767. The largest absolute Gasteiger partial charge is 0.376 e. The molecule has 0 aliphatic carbocycles. The molecule has 1 aromatic rings. The molecule has 2 aliphatic heterocycles. The first-order chi connectivity index (χ1) is 11.3. The highest BCUT2D eigenvalue weighted by molar-refractivity contribution is 7.80. The van der Waals surface area contributed by atoms with Crippen molar-refractivity contribution in [1.29, 1.82) is 0 Å². The maximum absolute atomic E-state index is 5.64. The van der Waals surface area contributed by atoms with Crippen LogP contribution in [0.3, 0.4) is 0 Å². The summed E-state index contributed by atoms with van der Waals surface area (Å²) in [6, 6.07) is 10.8. The molecule has 2 aliphatic rings. The molecule has 3 rings (SSSR count). The van der Waals surface area contributed by atoms with Crippen LogP contribution < -0.4 is 10.2 Å². The predicted octanol–water partition coefficient (Wildman–Crippen LogP) is 0.483. The van der Waals surface area contributed by atoms with Gasteiger partial charge in [-0.15, -0.1) is 0 Å². The van der Waals surface area contributed by atoms with Crippen LogP contribution in [0.2, 0.25) is 0 Å². The van der Waals surface area contributed by atoms with Crippen LogP contribution in [0.1, 0.15) is 18.4 Å². The molecule has 2 heterocycles. The summed E-state index contributed by atoms with van der Waals surface area (Å²) in [5.74, 6) is 0. The Morgan fingerprint density at radius 2 is 2.04 bits per heavy atom. The highest BCUT2D eigenvalue weighted by Gasteiger charge is 2.22. The van der Waals surface area contributed by atoms with E-state index in [2.05, 4.69) is 40.5 Å². The van der Waals surface area contributed by atoms with Gasteiger partial charge in [0, 0.05) is 19.6 Å². The summed E-state index contributed by atoms with van der Waals surface area (Å²) < 4.78 is 5.64. The van der Waals surface area contributed by atoms with Crippen molar-refractivity contribution in [2.45, 2.75) is 25.4 Å². The van der Waals surface area contributed by atoms with Crippen LogP contribution in [0.25, 0.3) is 0 Å². The van der Waals surface area contributed by atoms with E-state index in [1.807, 2.05) is 0 Å². The molecule has 0 amide bonds. The van der Waals surface area contributed by atoms with Gasteiger partial charge >= 0.3 is 0 Å². The molecule has 4 nitrogen and oxygen atoms in total. The van der Waals surface area contributed by atoms with Gasteiger partial charge in [0.1, 0.15) is 0 Å². The topological polar surface area (TPSA) is 28.9 Å². The van der Waals surface area contributed by atoms with Crippen molar-refractivity contribution in [3.8, 4) is 0 Å². The smallest absolute Gasteiger partial charge is 0.169 e. The molecule has 23 heavy (non-hydrogen) atoms. The number of nitrogens with one attached hydrogen (secondary N) is 2. The van der Waals surface area contributed by atoms with Crippen molar-refractivity contribution in [2.75, 3.05) is 45.9 Å². The molecule has 1 atom stereocenters. The minimum atomic E-state index is 0.353. The van der Waals surface area contributed by atoms with Crippen LogP contribution in [0.5, 0.6) is 0 Å². The van der Waals surface area contributed by atoms with Crippen molar-refractivity contribution < 1.29 is 9.64 Å². The number of rotatable bonds is 5. The maximum atomic E-state index is 5.64. The van der Waals surface area contributed by atoms with E-state index in [-0.39, 0.29) is 0 Å². The molecule has 0 radical (unpaired) electrons. The minimum Gasteiger partial charge on any atom is -0.376 e. The van der Waals surface area contributed by atoms with Crippen LogP contribution >= 0.6 is 12.2 Å². The van der Waals surface area contributed by atoms with Crippen molar-refractivity contribution in [2.24, 2.45) is 0 Å². The van der Waals surface area contributed by atoms with Gasteiger partial charge < -0.3 is 19.9 Å². The Labute approximate surface area is 144 Å². The fourth-order valence-corrected chi connectivity index (χ4v) is 3.63. The minimum absolute atomic E-state index is 0.353. The Kier molecular flexibility index (Phi) is 6.25. The second-order valence-corrected chi connectivity index (χ2v) is 6.93. The fourth-order valence-electron chi connectivity index (χ4n) is 3.36. The first-order valence-corrected chi connectivity index (χ1v) is 9.24. The lowest BCUT2D eigenvalue weighted by Gasteiger charge is -2.34.